The predicted octanol–water partition coefficient (Wildman–Crippen LogP) is 3.92. The molecule has 23 heavy (non-hydrogen) atoms. The fourth-order valence-corrected chi connectivity index (χ4v) is 2.97. The normalized spacial score (nSPS) is 18.5. The number of hydrogen-bond donors (Lipinski definition) is 1. The highest BCUT2D eigenvalue weighted by Crippen LogP contribution is 2.27. The van der Waals surface area contributed by atoms with E-state index < -0.39 is 0 Å². The van der Waals surface area contributed by atoms with E-state index in [1.807, 2.05) is 61.5 Å². The summed E-state index contributed by atoms with van der Waals surface area (Å²) in [6.07, 6.45) is 7.25. The Kier molecular flexibility index (Phi) is 4.68. The van der Waals surface area contributed by atoms with E-state index in [-0.39, 0.29) is 5.91 Å². The minimum Gasteiger partial charge on any atom is -0.300 e. The van der Waals surface area contributed by atoms with Crippen LogP contribution in [0, 0.1) is 0 Å². The first-order chi connectivity index (χ1) is 11.2. The van der Waals surface area contributed by atoms with E-state index in [9.17, 15) is 4.79 Å². The Hall–Kier alpha value is -2.66. The van der Waals surface area contributed by atoms with Crippen molar-refractivity contribution in [1.29, 1.82) is 0 Å². The van der Waals surface area contributed by atoms with E-state index in [2.05, 4.69) is 15.3 Å². The molecule has 1 fully saturated rings. The van der Waals surface area contributed by atoms with Crippen molar-refractivity contribution in [2.75, 3.05) is 0 Å². The number of pyridine rings is 1. The van der Waals surface area contributed by atoms with Crippen LogP contribution in [-0.2, 0) is 4.79 Å². The number of carbonyl (C=O) groups excluding carboxylic acids is 1. The topological polar surface area (TPSA) is 54.4 Å². The Morgan fingerprint density at radius 2 is 2.04 bits per heavy atom. The van der Waals surface area contributed by atoms with Gasteiger partial charge in [0.25, 0.3) is 5.91 Å². The Morgan fingerprint density at radius 1 is 1.22 bits per heavy atom. The molecular weight excluding hydrogens is 306 g/mol. The van der Waals surface area contributed by atoms with E-state index in [1.54, 1.807) is 12.4 Å². The molecule has 0 saturated carbocycles. The third-order valence-corrected chi connectivity index (χ3v) is 3.99. The van der Waals surface area contributed by atoms with Gasteiger partial charge in [0.15, 0.2) is 5.17 Å². The second kappa shape index (κ2) is 7.07. The number of hydrogen-bond acceptors (Lipinski definition) is 4. The number of rotatable bonds is 3. The molecule has 4 nitrogen and oxygen atoms in total. The fraction of sp³-hybridized carbons (Fsp3) is 0.0556. The Morgan fingerprint density at radius 3 is 2.78 bits per heavy atom. The van der Waals surface area contributed by atoms with Gasteiger partial charge >= 0.3 is 0 Å². The number of carbonyl (C=O) groups is 1. The van der Waals surface area contributed by atoms with Crippen LogP contribution in [0.2, 0.25) is 0 Å². The molecule has 1 aromatic carbocycles. The summed E-state index contributed by atoms with van der Waals surface area (Å²) in [6.45, 7) is 1.98. The van der Waals surface area contributed by atoms with Crippen molar-refractivity contribution in [3.05, 3.63) is 77.0 Å². The maximum atomic E-state index is 12.0. The number of nitrogens with zero attached hydrogens (tertiary/aromatic N) is 2. The summed E-state index contributed by atoms with van der Waals surface area (Å²) in [6, 6.07) is 13.7. The summed E-state index contributed by atoms with van der Waals surface area (Å²) < 4.78 is 0. The number of thioether (sulfide) groups is 1. The molecule has 0 unspecified atom stereocenters. The summed E-state index contributed by atoms with van der Waals surface area (Å²) in [5, 5.41) is 3.34. The lowest BCUT2D eigenvalue weighted by Crippen LogP contribution is -2.19. The van der Waals surface area contributed by atoms with Gasteiger partial charge in [-0.2, -0.15) is 0 Å². The molecule has 5 heteroatoms. The summed E-state index contributed by atoms with van der Waals surface area (Å²) in [7, 11) is 0. The van der Waals surface area contributed by atoms with Gasteiger partial charge in [0.05, 0.1) is 16.8 Å². The smallest absolute Gasteiger partial charge is 0.264 e. The van der Waals surface area contributed by atoms with E-state index in [0.29, 0.717) is 15.8 Å². The van der Waals surface area contributed by atoms with Crippen LogP contribution >= 0.6 is 11.8 Å². The van der Waals surface area contributed by atoms with Crippen molar-refractivity contribution in [2.45, 2.75) is 6.92 Å². The first kappa shape index (κ1) is 15.2. The van der Waals surface area contributed by atoms with Gasteiger partial charge in [-0.25, -0.2) is 4.99 Å². The van der Waals surface area contributed by atoms with Crippen molar-refractivity contribution < 1.29 is 4.79 Å². The maximum absolute atomic E-state index is 12.0. The second-order valence-corrected chi connectivity index (χ2v) is 6.02. The maximum Gasteiger partial charge on any atom is 0.264 e. The van der Waals surface area contributed by atoms with Crippen molar-refractivity contribution in [2.24, 2.45) is 4.99 Å². The highest BCUT2D eigenvalue weighted by atomic mass is 32.2. The molecular formula is C18H15N3OS. The molecule has 0 radical (unpaired) electrons. The highest BCUT2D eigenvalue weighted by Gasteiger charge is 2.23. The van der Waals surface area contributed by atoms with Crippen LogP contribution in [0.3, 0.4) is 0 Å². The molecule has 1 N–H and O–H groups in total. The molecule has 114 valence electrons. The lowest BCUT2D eigenvalue weighted by molar-refractivity contribution is -0.115. The van der Waals surface area contributed by atoms with Crippen molar-refractivity contribution in [3.8, 4) is 0 Å². The third kappa shape index (κ3) is 4.17. The molecule has 1 aromatic heterocycles. The van der Waals surface area contributed by atoms with Gasteiger partial charge in [0, 0.05) is 6.20 Å². The van der Waals surface area contributed by atoms with Crippen LogP contribution in [-0.4, -0.2) is 16.1 Å². The summed E-state index contributed by atoms with van der Waals surface area (Å²) in [5.74, 6) is -0.126. The van der Waals surface area contributed by atoms with Crippen molar-refractivity contribution in [1.82, 2.24) is 10.3 Å². The monoisotopic (exact) mass is 321 g/mol. The molecule has 1 aliphatic rings. The largest absolute Gasteiger partial charge is 0.300 e. The van der Waals surface area contributed by atoms with Crippen LogP contribution in [0.4, 0.5) is 5.69 Å². The Labute approximate surface area is 139 Å². The molecule has 0 spiro atoms. The Bertz CT molecular complexity index is 796. The molecule has 0 atom stereocenters. The van der Waals surface area contributed by atoms with Crippen LogP contribution < -0.4 is 5.32 Å². The molecule has 1 amide bonds. The van der Waals surface area contributed by atoms with Gasteiger partial charge in [-0.05, 0) is 48.0 Å². The number of allylic oxidation sites excluding steroid dienone is 2. The lowest BCUT2D eigenvalue weighted by Gasteiger charge is -1.96. The van der Waals surface area contributed by atoms with Gasteiger partial charge in [0.2, 0.25) is 0 Å². The van der Waals surface area contributed by atoms with Gasteiger partial charge < -0.3 is 5.32 Å². The molecule has 0 aliphatic carbocycles. The molecule has 2 heterocycles. The zero-order chi connectivity index (χ0) is 16.1. The van der Waals surface area contributed by atoms with Crippen LogP contribution in [0.25, 0.3) is 6.08 Å². The van der Waals surface area contributed by atoms with Gasteiger partial charge in [-0.3, -0.25) is 9.78 Å². The van der Waals surface area contributed by atoms with E-state index in [1.165, 1.54) is 11.8 Å². The second-order valence-electron chi connectivity index (χ2n) is 4.99. The average Bonchev–Trinajstić information content (AvgIpc) is 2.88. The van der Waals surface area contributed by atoms with E-state index in [4.69, 9.17) is 0 Å². The van der Waals surface area contributed by atoms with E-state index in [0.717, 1.165) is 11.1 Å². The molecule has 1 saturated heterocycles. The van der Waals surface area contributed by atoms with Gasteiger partial charge in [-0.1, -0.05) is 36.4 Å². The predicted molar refractivity (Wildman–Crippen MR) is 95.2 cm³/mol. The summed E-state index contributed by atoms with van der Waals surface area (Å²) in [4.78, 5) is 21.1. The number of amides is 1. The first-order valence-corrected chi connectivity index (χ1v) is 7.95. The number of amidine groups is 1. The van der Waals surface area contributed by atoms with Crippen LogP contribution in [0.15, 0.2) is 76.4 Å². The summed E-state index contributed by atoms with van der Waals surface area (Å²) in [5.41, 5.74) is 2.83. The SMILES string of the molecule is CC(=C/c1ccccc1)/C=C1\SC(=Nc2cccnc2)NC1=O. The van der Waals surface area contributed by atoms with E-state index >= 15 is 0 Å². The highest BCUT2D eigenvalue weighted by molar-refractivity contribution is 8.18. The quantitative estimate of drug-likeness (QED) is 0.872. The van der Waals surface area contributed by atoms with Crippen LogP contribution in [0.1, 0.15) is 12.5 Å². The molecule has 1 aliphatic heterocycles. The lowest BCUT2D eigenvalue weighted by atomic mass is 10.1. The number of aliphatic imine (C=N–C) groups is 1. The molecule has 0 bridgehead atoms. The average molecular weight is 321 g/mol. The first-order valence-electron chi connectivity index (χ1n) is 7.14. The third-order valence-electron chi connectivity index (χ3n) is 3.08. The van der Waals surface area contributed by atoms with Gasteiger partial charge in [-0.15, -0.1) is 0 Å². The van der Waals surface area contributed by atoms with Crippen molar-refractivity contribution in [3.63, 3.8) is 0 Å². The van der Waals surface area contributed by atoms with Crippen LogP contribution in [0.5, 0.6) is 0 Å². The number of benzene rings is 1. The van der Waals surface area contributed by atoms with Gasteiger partial charge in [0.1, 0.15) is 0 Å². The molecule has 3 rings (SSSR count). The standard InChI is InChI=1S/C18H15N3OS/c1-13(10-14-6-3-2-4-7-14)11-16-17(22)21-18(23-16)20-15-8-5-9-19-12-15/h2-12H,1H3,(H,20,21,22)/b13-10-,16-11-. The summed E-state index contributed by atoms with van der Waals surface area (Å²) >= 11 is 1.33. The zero-order valence-corrected chi connectivity index (χ0v) is 13.4. The fourth-order valence-electron chi connectivity index (χ4n) is 2.08. The number of nitrogens with one attached hydrogen (secondary N) is 1. The molecule has 2 aromatic rings. The Balaban J connectivity index is 1.77. The zero-order valence-electron chi connectivity index (χ0n) is 12.6. The van der Waals surface area contributed by atoms with Crippen molar-refractivity contribution >= 4 is 34.6 Å². The number of aromatic nitrogens is 1. The minimum atomic E-state index is -0.126. The minimum absolute atomic E-state index is 0.126.